The SMILES string of the molecule is O=C(COC(=O)c1cncc(Br)c1)NCc1cccs1. The number of rotatable bonds is 5. The van der Waals surface area contributed by atoms with Crippen molar-refractivity contribution in [3.05, 3.63) is 50.9 Å². The number of ether oxygens (including phenoxy) is 1. The number of nitrogens with zero attached hydrogens (tertiary/aromatic N) is 1. The molecule has 1 N–H and O–H groups in total. The van der Waals surface area contributed by atoms with Crippen LogP contribution >= 0.6 is 27.3 Å². The van der Waals surface area contributed by atoms with Crippen molar-refractivity contribution in [1.29, 1.82) is 0 Å². The molecule has 2 aromatic heterocycles. The Morgan fingerprint density at radius 1 is 1.40 bits per heavy atom. The summed E-state index contributed by atoms with van der Waals surface area (Å²) in [6, 6.07) is 5.41. The lowest BCUT2D eigenvalue weighted by atomic mass is 10.3. The highest BCUT2D eigenvalue weighted by Crippen LogP contribution is 2.10. The van der Waals surface area contributed by atoms with Gasteiger partial charge in [0.05, 0.1) is 12.1 Å². The third-order valence-corrected chi connectivity index (χ3v) is 3.62. The lowest BCUT2D eigenvalue weighted by Gasteiger charge is -2.05. The Balaban J connectivity index is 1.77. The van der Waals surface area contributed by atoms with Crippen LogP contribution in [0.5, 0.6) is 0 Å². The monoisotopic (exact) mass is 354 g/mol. The number of thiophene rings is 1. The van der Waals surface area contributed by atoms with E-state index < -0.39 is 5.97 Å². The molecule has 0 unspecified atom stereocenters. The molecule has 0 spiro atoms. The van der Waals surface area contributed by atoms with Gasteiger partial charge >= 0.3 is 5.97 Å². The Labute approximate surface area is 128 Å². The molecular weight excluding hydrogens is 344 g/mol. The Kier molecular flexibility index (Phi) is 5.25. The quantitative estimate of drug-likeness (QED) is 0.837. The molecular formula is C13H11BrN2O3S. The van der Waals surface area contributed by atoms with Crippen molar-refractivity contribution in [2.45, 2.75) is 6.54 Å². The van der Waals surface area contributed by atoms with Gasteiger partial charge < -0.3 is 10.1 Å². The van der Waals surface area contributed by atoms with Crippen molar-refractivity contribution in [1.82, 2.24) is 10.3 Å². The Morgan fingerprint density at radius 3 is 2.95 bits per heavy atom. The number of esters is 1. The molecule has 0 aliphatic carbocycles. The molecule has 0 bridgehead atoms. The first-order valence-corrected chi connectivity index (χ1v) is 7.39. The van der Waals surface area contributed by atoms with Crippen molar-refractivity contribution in [2.24, 2.45) is 0 Å². The van der Waals surface area contributed by atoms with E-state index >= 15 is 0 Å². The number of carbonyl (C=O) groups excluding carboxylic acids is 2. The fourth-order valence-corrected chi connectivity index (χ4v) is 2.40. The highest BCUT2D eigenvalue weighted by Gasteiger charge is 2.10. The summed E-state index contributed by atoms with van der Waals surface area (Å²) in [5.74, 6) is -0.917. The van der Waals surface area contributed by atoms with Crippen LogP contribution in [0.4, 0.5) is 0 Å². The van der Waals surface area contributed by atoms with Gasteiger partial charge in [-0.2, -0.15) is 0 Å². The lowest BCUT2D eigenvalue weighted by molar-refractivity contribution is -0.124. The van der Waals surface area contributed by atoms with Gasteiger partial charge in [0.15, 0.2) is 6.61 Å². The second-order valence-corrected chi connectivity index (χ2v) is 5.77. The molecule has 0 atom stereocenters. The van der Waals surface area contributed by atoms with Gasteiger partial charge in [-0.05, 0) is 33.4 Å². The predicted molar refractivity (Wildman–Crippen MR) is 78.4 cm³/mol. The van der Waals surface area contributed by atoms with E-state index in [1.54, 1.807) is 23.6 Å². The van der Waals surface area contributed by atoms with E-state index in [-0.39, 0.29) is 12.5 Å². The van der Waals surface area contributed by atoms with Gasteiger partial charge in [0.25, 0.3) is 5.91 Å². The molecule has 0 aliphatic rings. The van der Waals surface area contributed by atoms with Crippen LogP contribution in [0.25, 0.3) is 0 Å². The summed E-state index contributed by atoms with van der Waals surface area (Å²) in [6.45, 7) is 0.128. The number of carbonyl (C=O) groups is 2. The number of amides is 1. The first-order chi connectivity index (χ1) is 9.65. The molecule has 104 valence electrons. The largest absolute Gasteiger partial charge is 0.452 e. The lowest BCUT2D eigenvalue weighted by Crippen LogP contribution is -2.28. The number of pyridine rings is 1. The van der Waals surface area contributed by atoms with E-state index in [2.05, 4.69) is 26.2 Å². The van der Waals surface area contributed by atoms with E-state index in [9.17, 15) is 9.59 Å². The van der Waals surface area contributed by atoms with Crippen molar-refractivity contribution >= 4 is 39.1 Å². The molecule has 7 heteroatoms. The minimum absolute atomic E-state index is 0.297. The average Bonchev–Trinajstić information content (AvgIpc) is 2.95. The molecule has 0 saturated heterocycles. The van der Waals surface area contributed by atoms with Crippen LogP contribution < -0.4 is 5.32 Å². The van der Waals surface area contributed by atoms with Crippen LogP contribution in [0, 0.1) is 0 Å². The third kappa shape index (κ3) is 4.43. The molecule has 1 amide bonds. The minimum Gasteiger partial charge on any atom is -0.452 e. The Hall–Kier alpha value is -1.73. The summed E-state index contributed by atoms with van der Waals surface area (Å²) in [6.07, 6.45) is 2.95. The maximum Gasteiger partial charge on any atom is 0.340 e. The van der Waals surface area contributed by atoms with Crippen LogP contribution in [-0.2, 0) is 16.1 Å². The Bertz CT molecular complexity index is 601. The molecule has 2 rings (SSSR count). The maximum absolute atomic E-state index is 11.7. The van der Waals surface area contributed by atoms with Crippen LogP contribution in [0.1, 0.15) is 15.2 Å². The molecule has 0 aromatic carbocycles. The second kappa shape index (κ2) is 7.16. The van der Waals surface area contributed by atoms with Gasteiger partial charge in [-0.25, -0.2) is 4.79 Å². The molecule has 5 nitrogen and oxygen atoms in total. The summed E-state index contributed by atoms with van der Waals surface area (Å²) in [7, 11) is 0. The van der Waals surface area contributed by atoms with Crippen molar-refractivity contribution in [3.8, 4) is 0 Å². The minimum atomic E-state index is -0.579. The molecule has 2 aromatic rings. The summed E-state index contributed by atoms with van der Waals surface area (Å²) in [5.41, 5.74) is 0.297. The molecule has 2 heterocycles. The second-order valence-electron chi connectivity index (χ2n) is 3.82. The number of hydrogen-bond donors (Lipinski definition) is 1. The zero-order valence-electron chi connectivity index (χ0n) is 10.3. The number of hydrogen-bond acceptors (Lipinski definition) is 5. The van der Waals surface area contributed by atoms with Crippen LogP contribution in [0.2, 0.25) is 0 Å². The first kappa shape index (κ1) is 14.7. The number of nitrogens with one attached hydrogen (secondary N) is 1. The highest BCUT2D eigenvalue weighted by molar-refractivity contribution is 9.10. The summed E-state index contributed by atoms with van der Waals surface area (Å²) >= 11 is 4.76. The van der Waals surface area contributed by atoms with Crippen molar-refractivity contribution in [2.75, 3.05) is 6.61 Å². The average molecular weight is 355 g/mol. The zero-order valence-corrected chi connectivity index (χ0v) is 12.7. The first-order valence-electron chi connectivity index (χ1n) is 5.72. The van der Waals surface area contributed by atoms with Crippen molar-refractivity contribution < 1.29 is 14.3 Å². The van der Waals surface area contributed by atoms with Gasteiger partial charge in [0.1, 0.15) is 0 Å². The molecule has 0 fully saturated rings. The third-order valence-electron chi connectivity index (χ3n) is 2.31. The smallest absolute Gasteiger partial charge is 0.340 e. The summed E-state index contributed by atoms with van der Waals surface area (Å²) < 4.78 is 5.58. The van der Waals surface area contributed by atoms with E-state index in [4.69, 9.17) is 4.74 Å². The van der Waals surface area contributed by atoms with Crippen LogP contribution in [-0.4, -0.2) is 23.5 Å². The highest BCUT2D eigenvalue weighted by atomic mass is 79.9. The normalized spacial score (nSPS) is 10.1. The van der Waals surface area contributed by atoms with Gasteiger partial charge in [-0.15, -0.1) is 11.3 Å². The molecule has 0 radical (unpaired) electrons. The molecule has 0 saturated carbocycles. The van der Waals surface area contributed by atoms with Gasteiger partial charge in [-0.1, -0.05) is 6.07 Å². The number of halogens is 1. The molecule has 0 aliphatic heterocycles. The van der Waals surface area contributed by atoms with Crippen molar-refractivity contribution in [3.63, 3.8) is 0 Å². The topological polar surface area (TPSA) is 68.3 Å². The molecule has 20 heavy (non-hydrogen) atoms. The van der Waals surface area contributed by atoms with Gasteiger partial charge in [0, 0.05) is 21.7 Å². The summed E-state index contributed by atoms with van der Waals surface area (Å²) in [4.78, 5) is 28.1. The number of aromatic nitrogens is 1. The summed E-state index contributed by atoms with van der Waals surface area (Å²) in [5, 5.41) is 4.60. The zero-order chi connectivity index (χ0) is 14.4. The van der Waals surface area contributed by atoms with Crippen LogP contribution in [0.15, 0.2) is 40.4 Å². The maximum atomic E-state index is 11.7. The fourth-order valence-electron chi connectivity index (χ4n) is 1.39. The Morgan fingerprint density at radius 2 is 2.25 bits per heavy atom. The van der Waals surface area contributed by atoms with E-state index in [0.29, 0.717) is 16.6 Å². The fraction of sp³-hybridized carbons (Fsp3) is 0.154. The van der Waals surface area contributed by atoms with Gasteiger partial charge in [-0.3, -0.25) is 9.78 Å². The van der Waals surface area contributed by atoms with E-state index in [0.717, 1.165) is 4.88 Å². The van der Waals surface area contributed by atoms with E-state index in [1.807, 2.05) is 17.5 Å². The van der Waals surface area contributed by atoms with Gasteiger partial charge in [0.2, 0.25) is 0 Å². The standard InChI is InChI=1S/C13H11BrN2O3S/c14-10-4-9(5-15-6-10)13(18)19-8-12(17)16-7-11-2-1-3-20-11/h1-6H,7-8H2,(H,16,17). The van der Waals surface area contributed by atoms with Crippen LogP contribution in [0.3, 0.4) is 0 Å². The predicted octanol–water partition coefficient (Wildman–Crippen LogP) is 2.38. The van der Waals surface area contributed by atoms with E-state index in [1.165, 1.54) is 6.20 Å².